The van der Waals surface area contributed by atoms with Crippen molar-refractivity contribution in [1.29, 1.82) is 0 Å². The summed E-state index contributed by atoms with van der Waals surface area (Å²) in [6.07, 6.45) is 0.00691. The highest BCUT2D eigenvalue weighted by atomic mass is 35.5. The zero-order valence-corrected chi connectivity index (χ0v) is 12.4. The number of hydrogen-bond acceptors (Lipinski definition) is 2. The number of carbonyl (C=O) groups is 1. The minimum atomic E-state index is -1.12. The lowest BCUT2D eigenvalue weighted by Crippen LogP contribution is -2.35. The van der Waals surface area contributed by atoms with Gasteiger partial charge < -0.3 is 10.4 Å². The summed E-state index contributed by atoms with van der Waals surface area (Å²) < 4.78 is 26.0. The smallest absolute Gasteiger partial charge is 0.252 e. The molecular weight excluding hydrogens is 288 g/mol. The molecule has 0 saturated heterocycles. The van der Waals surface area contributed by atoms with Gasteiger partial charge in [-0.2, -0.15) is 0 Å². The Hall–Kier alpha value is -1.20. The Kier molecular flexibility index (Phi) is 5.48. The molecule has 0 bridgehead atoms. The van der Waals surface area contributed by atoms with Crippen molar-refractivity contribution in [1.82, 2.24) is 5.32 Å². The van der Waals surface area contributed by atoms with Gasteiger partial charge in [0.2, 0.25) is 0 Å². The topological polar surface area (TPSA) is 49.3 Å². The zero-order valence-electron chi connectivity index (χ0n) is 11.6. The van der Waals surface area contributed by atoms with Crippen LogP contribution in [0.1, 0.15) is 37.6 Å². The minimum Gasteiger partial charge on any atom is -0.393 e. The molecule has 6 heteroatoms. The first-order chi connectivity index (χ1) is 9.12. The van der Waals surface area contributed by atoms with Gasteiger partial charge in [0, 0.05) is 6.54 Å². The third-order valence-electron chi connectivity index (χ3n) is 2.83. The first kappa shape index (κ1) is 16.9. The van der Waals surface area contributed by atoms with Gasteiger partial charge >= 0.3 is 0 Å². The van der Waals surface area contributed by atoms with Gasteiger partial charge in [0.1, 0.15) is 0 Å². The molecule has 0 saturated carbocycles. The van der Waals surface area contributed by atoms with E-state index in [9.17, 15) is 18.7 Å². The van der Waals surface area contributed by atoms with Crippen molar-refractivity contribution >= 4 is 17.5 Å². The van der Waals surface area contributed by atoms with E-state index < -0.39 is 23.6 Å². The highest BCUT2D eigenvalue weighted by Crippen LogP contribution is 2.23. The standard InChI is InChI=1S/C14H18ClF2NO2/c1-8(19)6-14(2,3)7-18-13(20)9-4-11(16)12(17)5-10(9)15/h4-5,8,19H,6-7H2,1-3H3,(H,18,20). The van der Waals surface area contributed by atoms with Crippen LogP contribution in [0.15, 0.2) is 12.1 Å². The van der Waals surface area contributed by atoms with Crippen molar-refractivity contribution in [2.75, 3.05) is 6.54 Å². The van der Waals surface area contributed by atoms with Crippen LogP contribution < -0.4 is 5.32 Å². The summed E-state index contributed by atoms with van der Waals surface area (Å²) in [5.74, 6) is -2.80. The molecule has 0 aromatic heterocycles. The molecule has 1 unspecified atom stereocenters. The van der Waals surface area contributed by atoms with E-state index in [0.29, 0.717) is 6.42 Å². The summed E-state index contributed by atoms with van der Waals surface area (Å²) in [4.78, 5) is 11.9. The van der Waals surface area contributed by atoms with Crippen LogP contribution in [0, 0.1) is 17.0 Å². The molecule has 0 radical (unpaired) electrons. The molecule has 1 atom stereocenters. The maximum Gasteiger partial charge on any atom is 0.252 e. The van der Waals surface area contributed by atoms with E-state index in [4.69, 9.17) is 11.6 Å². The van der Waals surface area contributed by atoms with E-state index in [-0.39, 0.29) is 22.5 Å². The lowest BCUT2D eigenvalue weighted by molar-refractivity contribution is 0.0901. The van der Waals surface area contributed by atoms with Gasteiger partial charge in [-0.15, -0.1) is 0 Å². The number of carbonyl (C=O) groups excluding carboxylic acids is 1. The van der Waals surface area contributed by atoms with Crippen LogP contribution in [0.4, 0.5) is 8.78 Å². The molecule has 1 amide bonds. The molecular formula is C14H18ClF2NO2. The number of aliphatic hydroxyl groups is 1. The quantitative estimate of drug-likeness (QED) is 0.821. The number of nitrogens with one attached hydrogen (secondary N) is 1. The second-order valence-electron chi connectivity index (χ2n) is 5.65. The molecule has 1 aromatic carbocycles. The fraction of sp³-hybridized carbons (Fsp3) is 0.500. The van der Waals surface area contributed by atoms with Crippen LogP contribution in [0.25, 0.3) is 0 Å². The largest absolute Gasteiger partial charge is 0.393 e. The van der Waals surface area contributed by atoms with Crippen molar-refractivity contribution in [2.24, 2.45) is 5.41 Å². The monoisotopic (exact) mass is 305 g/mol. The average molecular weight is 306 g/mol. The molecule has 0 spiro atoms. The van der Waals surface area contributed by atoms with E-state index in [1.54, 1.807) is 6.92 Å². The molecule has 1 aromatic rings. The Bertz CT molecular complexity index is 504. The Labute approximate surface area is 121 Å². The third kappa shape index (κ3) is 4.72. The summed E-state index contributed by atoms with van der Waals surface area (Å²) in [6, 6.07) is 1.54. The van der Waals surface area contributed by atoms with Crippen molar-refractivity contribution in [2.45, 2.75) is 33.3 Å². The second kappa shape index (κ2) is 6.50. The third-order valence-corrected chi connectivity index (χ3v) is 3.14. The van der Waals surface area contributed by atoms with Gasteiger partial charge in [-0.3, -0.25) is 4.79 Å². The number of amides is 1. The Morgan fingerprint density at radius 2 is 1.95 bits per heavy atom. The summed E-state index contributed by atoms with van der Waals surface area (Å²) in [6.45, 7) is 5.71. The van der Waals surface area contributed by atoms with Crippen molar-refractivity contribution in [3.05, 3.63) is 34.4 Å². The highest BCUT2D eigenvalue weighted by Gasteiger charge is 2.22. The van der Waals surface area contributed by atoms with E-state index in [0.717, 1.165) is 12.1 Å². The predicted molar refractivity (Wildman–Crippen MR) is 73.8 cm³/mol. The molecule has 0 aliphatic rings. The summed E-state index contributed by atoms with van der Waals surface area (Å²) in [5.41, 5.74) is -0.437. The van der Waals surface area contributed by atoms with Gasteiger partial charge in [0.25, 0.3) is 5.91 Å². The first-order valence-electron chi connectivity index (χ1n) is 6.23. The molecule has 1 rings (SSSR count). The van der Waals surface area contributed by atoms with Crippen LogP contribution in [-0.2, 0) is 0 Å². The molecule has 0 fully saturated rings. The summed E-state index contributed by atoms with van der Waals surface area (Å²) >= 11 is 5.72. The maximum atomic E-state index is 13.1. The van der Waals surface area contributed by atoms with Crippen LogP contribution in [0.3, 0.4) is 0 Å². The Balaban J connectivity index is 2.75. The highest BCUT2D eigenvalue weighted by molar-refractivity contribution is 6.33. The average Bonchev–Trinajstić information content (AvgIpc) is 2.29. The number of hydrogen-bond donors (Lipinski definition) is 2. The second-order valence-corrected chi connectivity index (χ2v) is 6.05. The van der Waals surface area contributed by atoms with Gasteiger partial charge in [0.05, 0.1) is 16.7 Å². The number of aliphatic hydroxyl groups excluding tert-OH is 1. The van der Waals surface area contributed by atoms with E-state index in [2.05, 4.69) is 5.32 Å². The van der Waals surface area contributed by atoms with Gasteiger partial charge in [0.15, 0.2) is 11.6 Å². The first-order valence-corrected chi connectivity index (χ1v) is 6.61. The van der Waals surface area contributed by atoms with E-state index in [1.807, 2.05) is 13.8 Å². The van der Waals surface area contributed by atoms with Crippen molar-refractivity contribution < 1.29 is 18.7 Å². The normalized spacial score (nSPS) is 13.2. The van der Waals surface area contributed by atoms with E-state index >= 15 is 0 Å². The summed E-state index contributed by atoms with van der Waals surface area (Å²) in [7, 11) is 0. The SMILES string of the molecule is CC(O)CC(C)(C)CNC(=O)c1cc(F)c(F)cc1Cl. The molecule has 0 heterocycles. The lowest BCUT2D eigenvalue weighted by atomic mass is 9.87. The number of halogens is 3. The molecule has 3 nitrogen and oxygen atoms in total. The Morgan fingerprint density at radius 1 is 1.40 bits per heavy atom. The van der Waals surface area contributed by atoms with Crippen molar-refractivity contribution in [3.63, 3.8) is 0 Å². The number of benzene rings is 1. The Morgan fingerprint density at radius 3 is 2.50 bits per heavy atom. The fourth-order valence-corrected chi connectivity index (χ4v) is 2.22. The number of rotatable bonds is 5. The van der Waals surface area contributed by atoms with Gasteiger partial charge in [-0.05, 0) is 30.9 Å². The molecule has 0 aliphatic heterocycles. The minimum absolute atomic E-state index is 0.113. The molecule has 0 aliphatic carbocycles. The zero-order chi connectivity index (χ0) is 15.5. The van der Waals surface area contributed by atoms with Crippen LogP contribution >= 0.6 is 11.6 Å². The molecule has 112 valence electrons. The predicted octanol–water partition coefficient (Wildman–Crippen LogP) is 3.15. The van der Waals surface area contributed by atoms with Crippen LogP contribution in [-0.4, -0.2) is 23.7 Å². The fourth-order valence-electron chi connectivity index (χ4n) is 1.98. The maximum absolute atomic E-state index is 13.1. The lowest BCUT2D eigenvalue weighted by Gasteiger charge is -2.26. The summed E-state index contributed by atoms with van der Waals surface area (Å²) in [5, 5.41) is 11.8. The molecule has 20 heavy (non-hydrogen) atoms. The van der Waals surface area contributed by atoms with Crippen LogP contribution in [0.2, 0.25) is 5.02 Å². The van der Waals surface area contributed by atoms with Gasteiger partial charge in [-0.1, -0.05) is 25.4 Å². The van der Waals surface area contributed by atoms with Crippen LogP contribution in [0.5, 0.6) is 0 Å². The van der Waals surface area contributed by atoms with Gasteiger partial charge in [-0.25, -0.2) is 8.78 Å². The van der Waals surface area contributed by atoms with Crippen molar-refractivity contribution in [3.8, 4) is 0 Å². The molecule has 2 N–H and O–H groups in total. The van der Waals surface area contributed by atoms with E-state index in [1.165, 1.54) is 0 Å².